The molecule has 1 aromatic rings. The Balaban J connectivity index is 1.82. The Morgan fingerprint density at radius 2 is 2.11 bits per heavy atom. The monoisotopic (exact) mass is 301 g/mol. The molecule has 0 radical (unpaired) electrons. The van der Waals surface area contributed by atoms with Gasteiger partial charge in [-0.2, -0.15) is 0 Å². The number of hydrogen-bond acceptors (Lipinski definition) is 2. The molecule has 1 unspecified atom stereocenters. The number of alkyl halides is 1. The third-order valence-electron chi connectivity index (χ3n) is 3.29. The fourth-order valence-electron chi connectivity index (χ4n) is 2.26. The average Bonchev–Trinajstić information content (AvgIpc) is 2.46. The van der Waals surface area contributed by atoms with E-state index in [1.807, 2.05) is 17.0 Å². The van der Waals surface area contributed by atoms with E-state index in [4.69, 9.17) is 27.9 Å². The van der Waals surface area contributed by atoms with Gasteiger partial charge >= 0.3 is 0 Å². The van der Waals surface area contributed by atoms with E-state index in [1.165, 1.54) is 0 Å². The van der Waals surface area contributed by atoms with Crippen LogP contribution in [0.15, 0.2) is 24.3 Å². The van der Waals surface area contributed by atoms with Crippen molar-refractivity contribution in [1.29, 1.82) is 0 Å². The summed E-state index contributed by atoms with van der Waals surface area (Å²) in [5.41, 5.74) is 0. The third kappa shape index (κ3) is 4.29. The minimum absolute atomic E-state index is 0.0119. The van der Waals surface area contributed by atoms with Crippen molar-refractivity contribution in [2.45, 2.75) is 12.8 Å². The molecule has 104 valence electrons. The van der Waals surface area contributed by atoms with E-state index in [2.05, 4.69) is 0 Å². The lowest BCUT2D eigenvalue weighted by Crippen LogP contribution is -2.42. The van der Waals surface area contributed by atoms with Crippen LogP contribution in [0.1, 0.15) is 12.8 Å². The summed E-state index contributed by atoms with van der Waals surface area (Å²) in [7, 11) is 0. The van der Waals surface area contributed by atoms with E-state index in [0.29, 0.717) is 17.5 Å². The standard InChI is InChI=1S/C14H17Cl2NO2/c15-8-14(18)17-7-1-2-11(9-17)10-19-13-5-3-12(16)4-6-13/h3-6,11H,1-2,7-10H2. The summed E-state index contributed by atoms with van der Waals surface area (Å²) in [4.78, 5) is 13.4. The third-order valence-corrected chi connectivity index (χ3v) is 3.77. The molecule has 0 aliphatic carbocycles. The molecule has 1 fully saturated rings. The number of nitrogens with zero attached hydrogens (tertiary/aromatic N) is 1. The fourth-order valence-corrected chi connectivity index (χ4v) is 2.55. The van der Waals surface area contributed by atoms with Gasteiger partial charge in [0, 0.05) is 24.0 Å². The Morgan fingerprint density at radius 1 is 1.37 bits per heavy atom. The van der Waals surface area contributed by atoms with Crippen molar-refractivity contribution in [3.63, 3.8) is 0 Å². The van der Waals surface area contributed by atoms with Crippen LogP contribution in [0.25, 0.3) is 0 Å². The molecular weight excluding hydrogens is 285 g/mol. The van der Waals surface area contributed by atoms with Gasteiger partial charge in [0.2, 0.25) is 5.91 Å². The summed E-state index contributed by atoms with van der Waals surface area (Å²) in [6.07, 6.45) is 2.09. The van der Waals surface area contributed by atoms with Crippen LogP contribution in [-0.4, -0.2) is 36.4 Å². The number of piperidine rings is 1. The minimum Gasteiger partial charge on any atom is -0.493 e. The molecule has 0 saturated carbocycles. The van der Waals surface area contributed by atoms with Crippen LogP contribution in [0.4, 0.5) is 0 Å². The molecule has 1 atom stereocenters. The normalized spacial score (nSPS) is 19.3. The molecule has 2 rings (SSSR count). The van der Waals surface area contributed by atoms with Gasteiger partial charge in [-0.1, -0.05) is 11.6 Å². The summed E-state index contributed by atoms with van der Waals surface area (Å²) >= 11 is 11.4. The maximum atomic E-state index is 11.6. The van der Waals surface area contributed by atoms with Crippen molar-refractivity contribution in [3.8, 4) is 5.75 Å². The Hall–Kier alpha value is -0.930. The summed E-state index contributed by atoms with van der Waals surface area (Å²) in [5.74, 6) is 1.25. The average molecular weight is 302 g/mol. The molecule has 0 spiro atoms. The quantitative estimate of drug-likeness (QED) is 0.799. The lowest BCUT2D eigenvalue weighted by molar-refractivity contribution is -0.130. The van der Waals surface area contributed by atoms with Crippen molar-refractivity contribution in [2.75, 3.05) is 25.6 Å². The van der Waals surface area contributed by atoms with Gasteiger partial charge in [0.05, 0.1) is 6.61 Å². The van der Waals surface area contributed by atoms with Gasteiger partial charge in [-0.25, -0.2) is 0 Å². The Bertz CT molecular complexity index is 422. The number of hydrogen-bond donors (Lipinski definition) is 0. The molecule has 1 aliphatic rings. The highest BCUT2D eigenvalue weighted by Crippen LogP contribution is 2.20. The number of carbonyl (C=O) groups excluding carboxylic acids is 1. The first-order valence-corrected chi connectivity index (χ1v) is 7.32. The van der Waals surface area contributed by atoms with E-state index >= 15 is 0 Å². The predicted octanol–water partition coefficient (Wildman–Crippen LogP) is 3.20. The number of ether oxygens (including phenoxy) is 1. The Labute approximate surface area is 123 Å². The molecule has 0 bridgehead atoms. The molecule has 1 aromatic carbocycles. The van der Waals surface area contributed by atoms with Crippen LogP contribution in [0.2, 0.25) is 5.02 Å². The fraction of sp³-hybridized carbons (Fsp3) is 0.500. The highest BCUT2D eigenvalue weighted by molar-refractivity contribution is 6.30. The second-order valence-electron chi connectivity index (χ2n) is 4.75. The molecule has 1 aliphatic heterocycles. The van der Waals surface area contributed by atoms with E-state index < -0.39 is 0 Å². The van der Waals surface area contributed by atoms with E-state index in [0.717, 1.165) is 31.7 Å². The maximum absolute atomic E-state index is 11.6. The first-order chi connectivity index (χ1) is 9.19. The van der Waals surface area contributed by atoms with Crippen LogP contribution in [0, 0.1) is 5.92 Å². The predicted molar refractivity (Wildman–Crippen MR) is 77.0 cm³/mol. The topological polar surface area (TPSA) is 29.5 Å². The minimum atomic E-state index is 0.0119. The lowest BCUT2D eigenvalue weighted by atomic mass is 9.99. The van der Waals surface area contributed by atoms with Gasteiger partial charge in [-0.05, 0) is 37.1 Å². The van der Waals surface area contributed by atoms with Crippen molar-refractivity contribution >= 4 is 29.1 Å². The lowest BCUT2D eigenvalue weighted by Gasteiger charge is -2.32. The zero-order valence-corrected chi connectivity index (χ0v) is 12.2. The molecule has 5 heteroatoms. The van der Waals surface area contributed by atoms with Gasteiger partial charge in [0.15, 0.2) is 0 Å². The zero-order valence-electron chi connectivity index (χ0n) is 10.6. The molecule has 1 heterocycles. The molecule has 19 heavy (non-hydrogen) atoms. The molecule has 0 N–H and O–H groups in total. The van der Waals surface area contributed by atoms with Crippen LogP contribution in [-0.2, 0) is 4.79 Å². The number of amides is 1. The Kier molecular flexibility index (Phi) is 5.34. The number of rotatable bonds is 4. The van der Waals surface area contributed by atoms with E-state index in [9.17, 15) is 4.79 Å². The smallest absolute Gasteiger partial charge is 0.237 e. The maximum Gasteiger partial charge on any atom is 0.237 e. The number of carbonyl (C=O) groups is 1. The molecule has 1 amide bonds. The van der Waals surface area contributed by atoms with E-state index in [1.54, 1.807) is 12.1 Å². The number of likely N-dealkylation sites (tertiary alicyclic amines) is 1. The van der Waals surface area contributed by atoms with Crippen molar-refractivity contribution < 1.29 is 9.53 Å². The van der Waals surface area contributed by atoms with Gasteiger partial charge in [-0.15, -0.1) is 11.6 Å². The van der Waals surface area contributed by atoms with Crippen molar-refractivity contribution in [2.24, 2.45) is 5.92 Å². The van der Waals surface area contributed by atoms with Crippen LogP contribution in [0.3, 0.4) is 0 Å². The van der Waals surface area contributed by atoms with Crippen LogP contribution in [0.5, 0.6) is 5.75 Å². The van der Waals surface area contributed by atoms with Crippen molar-refractivity contribution in [1.82, 2.24) is 4.90 Å². The summed E-state index contributed by atoms with van der Waals surface area (Å²) in [5, 5.41) is 0.698. The van der Waals surface area contributed by atoms with Gasteiger partial charge in [-0.3, -0.25) is 4.79 Å². The number of benzene rings is 1. The highest BCUT2D eigenvalue weighted by Gasteiger charge is 2.23. The van der Waals surface area contributed by atoms with Crippen LogP contribution < -0.4 is 4.74 Å². The second kappa shape index (κ2) is 7.01. The largest absolute Gasteiger partial charge is 0.493 e. The summed E-state index contributed by atoms with van der Waals surface area (Å²) in [6, 6.07) is 7.32. The molecule has 3 nitrogen and oxygen atoms in total. The first-order valence-electron chi connectivity index (χ1n) is 6.41. The summed E-state index contributed by atoms with van der Waals surface area (Å²) < 4.78 is 5.73. The van der Waals surface area contributed by atoms with E-state index in [-0.39, 0.29) is 11.8 Å². The summed E-state index contributed by atoms with van der Waals surface area (Å²) in [6.45, 7) is 2.16. The van der Waals surface area contributed by atoms with Gasteiger partial charge in [0.1, 0.15) is 11.6 Å². The Morgan fingerprint density at radius 3 is 2.79 bits per heavy atom. The van der Waals surface area contributed by atoms with Crippen molar-refractivity contribution in [3.05, 3.63) is 29.3 Å². The first kappa shape index (κ1) is 14.5. The van der Waals surface area contributed by atoms with Crippen LogP contribution >= 0.6 is 23.2 Å². The SMILES string of the molecule is O=C(CCl)N1CCCC(COc2ccc(Cl)cc2)C1. The molecular formula is C14H17Cl2NO2. The highest BCUT2D eigenvalue weighted by atomic mass is 35.5. The molecule has 0 aromatic heterocycles. The van der Waals surface area contributed by atoms with Gasteiger partial charge in [0.25, 0.3) is 0 Å². The molecule has 1 saturated heterocycles. The van der Waals surface area contributed by atoms with Gasteiger partial charge < -0.3 is 9.64 Å². The zero-order chi connectivity index (χ0) is 13.7. The second-order valence-corrected chi connectivity index (χ2v) is 5.45. The number of halogens is 2.